The second kappa shape index (κ2) is 5.85. The van der Waals surface area contributed by atoms with Gasteiger partial charge in [0, 0.05) is 56.6 Å². The van der Waals surface area contributed by atoms with Crippen molar-refractivity contribution in [1.29, 1.82) is 0 Å². The summed E-state index contributed by atoms with van der Waals surface area (Å²) in [5.74, 6) is 0.969. The second-order valence-corrected chi connectivity index (χ2v) is 6.43. The van der Waals surface area contributed by atoms with Crippen LogP contribution in [0.5, 0.6) is 0 Å². The molecular formula is C16H24N6. The maximum absolute atomic E-state index is 4.75. The van der Waals surface area contributed by atoms with Gasteiger partial charge < -0.3 is 15.1 Å². The molecule has 118 valence electrons. The highest BCUT2D eigenvalue weighted by Gasteiger charge is 2.22. The monoisotopic (exact) mass is 300 g/mol. The summed E-state index contributed by atoms with van der Waals surface area (Å²) in [5, 5.41) is 8.04. The standard InChI is InChI=1S/C16H24N6/c1-20-7-2-3-13(20)11-15-18-16-12-14(4-8-22(16)19-15)21-9-5-17-6-10-21/h4,8,12-13,17H,2-3,5-7,9-11H2,1H3. The molecule has 2 aromatic heterocycles. The minimum atomic E-state index is 0.602. The quantitative estimate of drug-likeness (QED) is 0.907. The van der Waals surface area contributed by atoms with E-state index in [2.05, 4.69) is 39.4 Å². The molecule has 2 aliphatic heterocycles. The van der Waals surface area contributed by atoms with E-state index in [9.17, 15) is 0 Å². The molecule has 2 saturated heterocycles. The van der Waals surface area contributed by atoms with Crippen molar-refractivity contribution in [3.63, 3.8) is 0 Å². The summed E-state index contributed by atoms with van der Waals surface area (Å²) in [6, 6.07) is 4.92. The largest absolute Gasteiger partial charge is 0.369 e. The van der Waals surface area contributed by atoms with Crippen molar-refractivity contribution in [3.05, 3.63) is 24.2 Å². The van der Waals surface area contributed by atoms with E-state index >= 15 is 0 Å². The number of nitrogens with zero attached hydrogens (tertiary/aromatic N) is 5. The molecule has 0 aliphatic carbocycles. The van der Waals surface area contributed by atoms with Gasteiger partial charge in [-0.15, -0.1) is 0 Å². The molecule has 2 fully saturated rings. The number of likely N-dealkylation sites (N-methyl/N-ethyl adjacent to an activating group) is 1. The second-order valence-electron chi connectivity index (χ2n) is 6.43. The Morgan fingerprint density at radius 1 is 1.27 bits per heavy atom. The minimum absolute atomic E-state index is 0.602. The predicted molar refractivity (Wildman–Crippen MR) is 87.4 cm³/mol. The zero-order chi connectivity index (χ0) is 14.9. The highest BCUT2D eigenvalue weighted by Crippen LogP contribution is 2.20. The van der Waals surface area contributed by atoms with Gasteiger partial charge in [-0.1, -0.05) is 0 Å². The van der Waals surface area contributed by atoms with Gasteiger partial charge in [0.25, 0.3) is 0 Å². The van der Waals surface area contributed by atoms with Crippen molar-refractivity contribution < 1.29 is 0 Å². The molecule has 1 atom stereocenters. The summed E-state index contributed by atoms with van der Waals surface area (Å²) in [7, 11) is 2.20. The van der Waals surface area contributed by atoms with Gasteiger partial charge in [-0.2, -0.15) is 5.10 Å². The Hall–Kier alpha value is -1.66. The SMILES string of the molecule is CN1CCCC1Cc1nc2cc(N3CCNCC3)ccn2n1. The summed E-state index contributed by atoms with van der Waals surface area (Å²) in [5.41, 5.74) is 2.22. The molecule has 0 radical (unpaired) electrons. The van der Waals surface area contributed by atoms with E-state index in [4.69, 9.17) is 4.98 Å². The maximum atomic E-state index is 4.75. The molecule has 6 nitrogen and oxygen atoms in total. The Balaban J connectivity index is 1.55. The van der Waals surface area contributed by atoms with E-state index in [1.54, 1.807) is 0 Å². The van der Waals surface area contributed by atoms with Crippen LogP contribution >= 0.6 is 0 Å². The maximum Gasteiger partial charge on any atom is 0.157 e. The van der Waals surface area contributed by atoms with Crippen molar-refractivity contribution in [1.82, 2.24) is 24.8 Å². The van der Waals surface area contributed by atoms with E-state index in [0.29, 0.717) is 6.04 Å². The third-order valence-corrected chi connectivity index (χ3v) is 4.94. The molecule has 1 unspecified atom stereocenters. The molecule has 0 spiro atoms. The number of pyridine rings is 1. The molecule has 1 N–H and O–H groups in total. The van der Waals surface area contributed by atoms with Gasteiger partial charge >= 0.3 is 0 Å². The van der Waals surface area contributed by atoms with Gasteiger partial charge in [-0.25, -0.2) is 9.50 Å². The number of fused-ring (bicyclic) bond motifs is 1. The zero-order valence-corrected chi connectivity index (χ0v) is 13.2. The summed E-state index contributed by atoms with van der Waals surface area (Å²) in [4.78, 5) is 9.59. The number of hydrogen-bond acceptors (Lipinski definition) is 5. The number of anilines is 1. The van der Waals surface area contributed by atoms with Gasteiger partial charge in [-0.05, 0) is 32.5 Å². The molecule has 22 heavy (non-hydrogen) atoms. The first-order valence-corrected chi connectivity index (χ1v) is 8.31. The molecule has 0 amide bonds. The normalized spacial score (nSPS) is 23.5. The van der Waals surface area contributed by atoms with Crippen molar-refractivity contribution in [2.45, 2.75) is 25.3 Å². The van der Waals surface area contributed by atoms with Crippen LogP contribution < -0.4 is 10.2 Å². The van der Waals surface area contributed by atoms with Crippen LogP contribution in [0.4, 0.5) is 5.69 Å². The lowest BCUT2D eigenvalue weighted by atomic mass is 10.1. The first kappa shape index (κ1) is 14.0. The third-order valence-electron chi connectivity index (χ3n) is 4.94. The molecule has 2 aliphatic rings. The van der Waals surface area contributed by atoms with Crippen LogP contribution in [0, 0.1) is 0 Å². The molecule has 4 heterocycles. The van der Waals surface area contributed by atoms with E-state index in [1.807, 2.05) is 10.7 Å². The van der Waals surface area contributed by atoms with Gasteiger partial charge in [0.05, 0.1) is 0 Å². The number of aromatic nitrogens is 3. The summed E-state index contributed by atoms with van der Waals surface area (Å²) >= 11 is 0. The molecule has 4 rings (SSSR count). The van der Waals surface area contributed by atoms with Crippen LogP contribution in [0.1, 0.15) is 18.7 Å². The Morgan fingerprint density at radius 3 is 2.91 bits per heavy atom. The van der Waals surface area contributed by atoms with Crippen LogP contribution in [0.25, 0.3) is 5.65 Å². The number of hydrogen-bond donors (Lipinski definition) is 1. The molecule has 2 aromatic rings. The number of likely N-dealkylation sites (tertiary alicyclic amines) is 1. The van der Waals surface area contributed by atoms with E-state index in [-0.39, 0.29) is 0 Å². The smallest absolute Gasteiger partial charge is 0.157 e. The first-order chi connectivity index (χ1) is 10.8. The first-order valence-electron chi connectivity index (χ1n) is 8.31. The van der Waals surface area contributed by atoms with Crippen LogP contribution in [0.2, 0.25) is 0 Å². The molecule has 0 bridgehead atoms. The van der Waals surface area contributed by atoms with Gasteiger partial charge in [0.2, 0.25) is 0 Å². The Kier molecular flexibility index (Phi) is 3.72. The van der Waals surface area contributed by atoms with Crippen LogP contribution in [0.3, 0.4) is 0 Å². The number of rotatable bonds is 3. The summed E-state index contributed by atoms with van der Waals surface area (Å²) in [6.07, 6.45) is 5.56. The lowest BCUT2D eigenvalue weighted by Gasteiger charge is -2.29. The average molecular weight is 300 g/mol. The number of piperazine rings is 1. The Morgan fingerprint density at radius 2 is 2.14 bits per heavy atom. The highest BCUT2D eigenvalue weighted by atomic mass is 15.3. The average Bonchev–Trinajstić information content (AvgIpc) is 3.14. The van der Waals surface area contributed by atoms with Crippen molar-refractivity contribution in [2.24, 2.45) is 0 Å². The fourth-order valence-corrected chi connectivity index (χ4v) is 3.57. The minimum Gasteiger partial charge on any atom is -0.369 e. The fourth-order valence-electron chi connectivity index (χ4n) is 3.57. The number of nitrogens with one attached hydrogen (secondary N) is 1. The van der Waals surface area contributed by atoms with Crippen LogP contribution in [0.15, 0.2) is 18.3 Å². The lowest BCUT2D eigenvalue weighted by molar-refractivity contribution is 0.306. The molecule has 0 saturated carbocycles. The van der Waals surface area contributed by atoms with Crippen LogP contribution in [-0.2, 0) is 6.42 Å². The van der Waals surface area contributed by atoms with Gasteiger partial charge in [0.15, 0.2) is 11.5 Å². The molecule has 0 aromatic carbocycles. The molecule has 6 heteroatoms. The lowest BCUT2D eigenvalue weighted by Crippen LogP contribution is -2.43. The highest BCUT2D eigenvalue weighted by molar-refractivity contribution is 5.56. The van der Waals surface area contributed by atoms with Gasteiger partial charge in [0.1, 0.15) is 0 Å². The third kappa shape index (κ3) is 2.68. The van der Waals surface area contributed by atoms with Crippen molar-refractivity contribution in [2.75, 3.05) is 44.7 Å². The predicted octanol–water partition coefficient (Wildman–Crippen LogP) is 0.776. The fraction of sp³-hybridized carbons (Fsp3) is 0.625. The Labute approximate surface area is 131 Å². The van der Waals surface area contributed by atoms with E-state index in [0.717, 1.165) is 44.1 Å². The summed E-state index contributed by atoms with van der Waals surface area (Å²) in [6.45, 7) is 5.42. The van der Waals surface area contributed by atoms with Crippen molar-refractivity contribution in [3.8, 4) is 0 Å². The zero-order valence-electron chi connectivity index (χ0n) is 13.2. The topological polar surface area (TPSA) is 48.7 Å². The van der Waals surface area contributed by atoms with E-state index < -0.39 is 0 Å². The summed E-state index contributed by atoms with van der Waals surface area (Å²) < 4.78 is 1.91. The molecular weight excluding hydrogens is 276 g/mol. The van der Waals surface area contributed by atoms with Crippen molar-refractivity contribution >= 4 is 11.3 Å². The van der Waals surface area contributed by atoms with E-state index in [1.165, 1.54) is 25.1 Å². The van der Waals surface area contributed by atoms with Gasteiger partial charge in [-0.3, -0.25) is 0 Å². The van der Waals surface area contributed by atoms with Crippen LogP contribution in [-0.4, -0.2) is 65.3 Å². The Bertz CT molecular complexity index is 645.